The highest BCUT2D eigenvalue weighted by atomic mass is 16.5. The van der Waals surface area contributed by atoms with Gasteiger partial charge in [0.25, 0.3) is 0 Å². The number of methoxy groups -OCH3 is 2. The molecule has 0 saturated heterocycles. The highest BCUT2D eigenvalue weighted by molar-refractivity contribution is 5.67. The van der Waals surface area contributed by atoms with Crippen molar-refractivity contribution in [3.8, 4) is 11.5 Å². The van der Waals surface area contributed by atoms with Crippen LogP contribution in [0.2, 0.25) is 0 Å². The molecule has 4 heteroatoms. The SMILES string of the molecule is COc1ccc(Nc2ccc(N)c(OC)c2)cc1C. The van der Waals surface area contributed by atoms with Crippen LogP contribution in [-0.4, -0.2) is 14.2 Å². The van der Waals surface area contributed by atoms with Crippen molar-refractivity contribution >= 4 is 17.1 Å². The van der Waals surface area contributed by atoms with Crippen molar-refractivity contribution in [2.24, 2.45) is 0 Å². The average Bonchev–Trinajstić information content (AvgIpc) is 2.41. The van der Waals surface area contributed by atoms with Crippen LogP contribution in [0.3, 0.4) is 0 Å². The highest BCUT2D eigenvalue weighted by Crippen LogP contribution is 2.28. The van der Waals surface area contributed by atoms with Gasteiger partial charge in [-0.1, -0.05) is 0 Å². The van der Waals surface area contributed by atoms with Crippen LogP contribution in [0.15, 0.2) is 36.4 Å². The van der Waals surface area contributed by atoms with Gasteiger partial charge >= 0.3 is 0 Å². The number of nitrogens with one attached hydrogen (secondary N) is 1. The van der Waals surface area contributed by atoms with Crippen LogP contribution in [-0.2, 0) is 0 Å². The van der Waals surface area contributed by atoms with Crippen molar-refractivity contribution in [1.82, 2.24) is 0 Å². The number of hydrogen-bond acceptors (Lipinski definition) is 4. The summed E-state index contributed by atoms with van der Waals surface area (Å²) in [5, 5.41) is 3.31. The normalized spacial score (nSPS) is 10.1. The number of nitrogens with two attached hydrogens (primary N) is 1. The second-order valence-corrected chi connectivity index (χ2v) is 4.27. The van der Waals surface area contributed by atoms with Gasteiger partial charge < -0.3 is 20.5 Å². The largest absolute Gasteiger partial charge is 0.496 e. The summed E-state index contributed by atoms with van der Waals surface area (Å²) in [4.78, 5) is 0. The van der Waals surface area contributed by atoms with E-state index in [2.05, 4.69) is 5.32 Å². The van der Waals surface area contributed by atoms with Crippen LogP contribution in [0.4, 0.5) is 17.1 Å². The average molecular weight is 258 g/mol. The predicted molar refractivity (Wildman–Crippen MR) is 78.4 cm³/mol. The fourth-order valence-electron chi connectivity index (χ4n) is 1.91. The van der Waals surface area contributed by atoms with E-state index < -0.39 is 0 Å². The Morgan fingerprint density at radius 3 is 2.16 bits per heavy atom. The molecule has 0 bridgehead atoms. The minimum atomic E-state index is 0.624. The van der Waals surface area contributed by atoms with E-state index in [-0.39, 0.29) is 0 Å². The summed E-state index contributed by atoms with van der Waals surface area (Å²) >= 11 is 0. The zero-order chi connectivity index (χ0) is 13.8. The zero-order valence-electron chi connectivity index (χ0n) is 11.4. The monoisotopic (exact) mass is 258 g/mol. The minimum Gasteiger partial charge on any atom is -0.496 e. The maximum Gasteiger partial charge on any atom is 0.143 e. The van der Waals surface area contributed by atoms with Gasteiger partial charge in [-0.2, -0.15) is 0 Å². The fourth-order valence-corrected chi connectivity index (χ4v) is 1.91. The van der Waals surface area contributed by atoms with Crippen molar-refractivity contribution in [2.45, 2.75) is 6.92 Å². The van der Waals surface area contributed by atoms with E-state index >= 15 is 0 Å². The lowest BCUT2D eigenvalue weighted by molar-refractivity contribution is 0.412. The molecule has 0 saturated carbocycles. The molecule has 2 aromatic carbocycles. The van der Waals surface area contributed by atoms with E-state index in [9.17, 15) is 0 Å². The molecule has 0 atom stereocenters. The van der Waals surface area contributed by atoms with E-state index in [4.69, 9.17) is 15.2 Å². The van der Waals surface area contributed by atoms with Crippen LogP contribution in [0.1, 0.15) is 5.56 Å². The van der Waals surface area contributed by atoms with Gasteiger partial charge in [0.15, 0.2) is 0 Å². The van der Waals surface area contributed by atoms with Gasteiger partial charge in [0, 0.05) is 17.4 Å². The van der Waals surface area contributed by atoms with Gasteiger partial charge in [0.2, 0.25) is 0 Å². The molecule has 0 heterocycles. The third-order valence-corrected chi connectivity index (χ3v) is 2.92. The maximum absolute atomic E-state index is 5.79. The Hall–Kier alpha value is -2.36. The summed E-state index contributed by atoms with van der Waals surface area (Å²) in [5.74, 6) is 1.54. The predicted octanol–water partition coefficient (Wildman–Crippen LogP) is 3.34. The minimum absolute atomic E-state index is 0.624. The Bertz CT molecular complexity index is 582. The molecule has 0 spiro atoms. The molecule has 100 valence electrons. The van der Waals surface area contributed by atoms with E-state index in [0.717, 1.165) is 22.7 Å². The second kappa shape index (κ2) is 5.52. The maximum atomic E-state index is 5.79. The molecule has 19 heavy (non-hydrogen) atoms. The lowest BCUT2D eigenvalue weighted by atomic mass is 10.2. The lowest BCUT2D eigenvalue weighted by Gasteiger charge is -2.11. The number of nitrogen functional groups attached to an aromatic ring is 1. The Morgan fingerprint density at radius 1 is 0.895 bits per heavy atom. The summed E-state index contributed by atoms with van der Waals surface area (Å²) in [7, 11) is 3.27. The number of hydrogen-bond donors (Lipinski definition) is 2. The molecule has 0 amide bonds. The van der Waals surface area contributed by atoms with Crippen LogP contribution in [0.25, 0.3) is 0 Å². The van der Waals surface area contributed by atoms with Gasteiger partial charge in [-0.25, -0.2) is 0 Å². The molecule has 3 N–H and O–H groups in total. The standard InChI is InChI=1S/C15H18N2O2/c1-10-8-11(5-7-14(10)18-2)17-12-4-6-13(16)15(9-12)19-3/h4-9,17H,16H2,1-3H3. The first-order valence-corrected chi connectivity index (χ1v) is 5.99. The smallest absolute Gasteiger partial charge is 0.143 e. The third-order valence-electron chi connectivity index (χ3n) is 2.92. The van der Waals surface area contributed by atoms with Gasteiger partial charge in [0.1, 0.15) is 11.5 Å². The first kappa shape index (κ1) is 13.1. The fraction of sp³-hybridized carbons (Fsp3) is 0.200. The van der Waals surface area contributed by atoms with E-state index in [1.165, 1.54) is 0 Å². The molecule has 0 unspecified atom stereocenters. The molecule has 0 aliphatic heterocycles. The van der Waals surface area contributed by atoms with Gasteiger partial charge in [-0.3, -0.25) is 0 Å². The van der Waals surface area contributed by atoms with Crippen LogP contribution in [0.5, 0.6) is 11.5 Å². The van der Waals surface area contributed by atoms with Crippen molar-refractivity contribution in [1.29, 1.82) is 0 Å². The number of ether oxygens (including phenoxy) is 2. The first-order valence-electron chi connectivity index (χ1n) is 5.99. The third kappa shape index (κ3) is 2.91. The number of rotatable bonds is 4. The van der Waals surface area contributed by atoms with E-state index in [0.29, 0.717) is 11.4 Å². The summed E-state index contributed by atoms with van der Waals surface area (Å²) in [6, 6.07) is 11.5. The highest BCUT2D eigenvalue weighted by Gasteiger charge is 2.03. The Kier molecular flexibility index (Phi) is 3.80. The van der Waals surface area contributed by atoms with Crippen molar-refractivity contribution in [3.05, 3.63) is 42.0 Å². The quantitative estimate of drug-likeness (QED) is 0.826. The molecule has 2 aromatic rings. The molecule has 0 aliphatic carbocycles. The first-order chi connectivity index (χ1) is 9.13. The lowest BCUT2D eigenvalue weighted by Crippen LogP contribution is -1.96. The van der Waals surface area contributed by atoms with Crippen molar-refractivity contribution < 1.29 is 9.47 Å². The molecule has 2 rings (SSSR count). The molecule has 4 nitrogen and oxygen atoms in total. The molecular formula is C15H18N2O2. The Balaban J connectivity index is 2.23. The molecule has 0 fully saturated rings. The van der Waals surface area contributed by atoms with Crippen molar-refractivity contribution in [3.63, 3.8) is 0 Å². The van der Waals surface area contributed by atoms with Gasteiger partial charge in [0.05, 0.1) is 19.9 Å². The van der Waals surface area contributed by atoms with E-state index in [1.54, 1.807) is 14.2 Å². The molecular weight excluding hydrogens is 240 g/mol. The zero-order valence-corrected chi connectivity index (χ0v) is 11.4. The second-order valence-electron chi connectivity index (χ2n) is 4.27. The molecule has 0 aromatic heterocycles. The summed E-state index contributed by atoms with van der Waals surface area (Å²) < 4.78 is 10.4. The number of anilines is 3. The summed E-state index contributed by atoms with van der Waals surface area (Å²) in [6.45, 7) is 2.01. The molecule has 0 radical (unpaired) electrons. The van der Waals surface area contributed by atoms with Crippen LogP contribution < -0.4 is 20.5 Å². The van der Waals surface area contributed by atoms with Crippen LogP contribution in [0, 0.1) is 6.92 Å². The van der Waals surface area contributed by atoms with Gasteiger partial charge in [-0.15, -0.1) is 0 Å². The summed E-state index contributed by atoms with van der Waals surface area (Å²) in [5.41, 5.74) is 9.41. The van der Waals surface area contributed by atoms with E-state index in [1.807, 2.05) is 43.3 Å². The summed E-state index contributed by atoms with van der Waals surface area (Å²) in [6.07, 6.45) is 0. The van der Waals surface area contributed by atoms with Gasteiger partial charge in [-0.05, 0) is 42.8 Å². The number of aryl methyl sites for hydroxylation is 1. The van der Waals surface area contributed by atoms with Crippen LogP contribution >= 0.6 is 0 Å². The Labute approximate surface area is 113 Å². The van der Waals surface area contributed by atoms with Crippen molar-refractivity contribution in [2.75, 3.05) is 25.3 Å². The number of benzene rings is 2. The molecule has 0 aliphatic rings. The topological polar surface area (TPSA) is 56.5 Å². The Morgan fingerprint density at radius 2 is 1.53 bits per heavy atom.